The molecule has 0 radical (unpaired) electrons. The number of nitrogens with one attached hydrogen (secondary N) is 1. The van der Waals surface area contributed by atoms with Crippen LogP contribution in [0.1, 0.15) is 53.0 Å². The zero-order valence-electron chi connectivity index (χ0n) is 22.3. The molecule has 39 heavy (non-hydrogen) atoms. The van der Waals surface area contributed by atoms with Crippen molar-refractivity contribution in [3.8, 4) is 0 Å². The topological polar surface area (TPSA) is 62.0 Å². The van der Waals surface area contributed by atoms with Crippen molar-refractivity contribution in [3.05, 3.63) is 107 Å². The maximum Gasteiger partial charge on any atom is 0.270 e. The van der Waals surface area contributed by atoms with Gasteiger partial charge in [0.1, 0.15) is 5.65 Å². The number of fused-ring (bicyclic) bond motifs is 2. The predicted molar refractivity (Wildman–Crippen MR) is 152 cm³/mol. The highest BCUT2D eigenvalue weighted by Crippen LogP contribution is 2.33. The summed E-state index contributed by atoms with van der Waals surface area (Å²) in [5, 5.41) is 2.87. The van der Waals surface area contributed by atoms with E-state index in [1.165, 1.54) is 17.7 Å². The number of nitrogens with zero attached hydrogens (tertiary/aromatic N) is 4. The predicted octanol–water partition coefficient (Wildman–Crippen LogP) is 6.93. The van der Waals surface area contributed by atoms with Gasteiger partial charge in [-0.1, -0.05) is 24.3 Å². The third-order valence-electron chi connectivity index (χ3n) is 6.84. The van der Waals surface area contributed by atoms with Gasteiger partial charge in [-0.3, -0.25) is 9.79 Å². The number of pyridine rings is 1. The Labute approximate surface area is 226 Å². The summed E-state index contributed by atoms with van der Waals surface area (Å²) in [6.07, 6.45) is 9.85. The molecule has 0 unspecified atom stereocenters. The lowest BCUT2D eigenvalue weighted by atomic mass is 10.0. The van der Waals surface area contributed by atoms with Gasteiger partial charge in [-0.15, -0.1) is 0 Å². The normalized spacial score (nSPS) is 14.2. The molecule has 6 nitrogen and oxygen atoms in total. The van der Waals surface area contributed by atoms with Gasteiger partial charge < -0.3 is 14.6 Å². The van der Waals surface area contributed by atoms with E-state index >= 15 is 0 Å². The molecular formula is C31H31F2N5O. The fraction of sp³-hybridized carbons (Fsp3) is 0.258. The number of hydrogen-bond donors (Lipinski definition) is 1. The van der Waals surface area contributed by atoms with Gasteiger partial charge in [0.05, 0.1) is 18.4 Å². The molecular weight excluding hydrogens is 496 g/mol. The third-order valence-corrected chi connectivity index (χ3v) is 6.84. The quantitative estimate of drug-likeness (QED) is 0.306. The van der Waals surface area contributed by atoms with Gasteiger partial charge in [0, 0.05) is 60.5 Å². The molecule has 4 aromatic rings. The SMILES string of the molecule is CC1=CCC=N1.Cc1cc(C(=O)Nc2ccc3c(c2)N(Cc2cnc4ccccn24)CC3)cc(C(C)(F)F)c1. The van der Waals surface area contributed by atoms with Crippen molar-refractivity contribution in [3.63, 3.8) is 0 Å². The third kappa shape index (κ3) is 6.06. The monoisotopic (exact) mass is 527 g/mol. The summed E-state index contributed by atoms with van der Waals surface area (Å²) < 4.78 is 29.7. The van der Waals surface area contributed by atoms with Crippen molar-refractivity contribution in [1.29, 1.82) is 0 Å². The van der Waals surface area contributed by atoms with Crippen molar-refractivity contribution in [1.82, 2.24) is 9.38 Å². The highest BCUT2D eigenvalue weighted by molar-refractivity contribution is 6.04. The summed E-state index contributed by atoms with van der Waals surface area (Å²) in [6, 6.07) is 16.0. The second kappa shape index (κ2) is 10.8. The smallest absolute Gasteiger partial charge is 0.270 e. The highest BCUT2D eigenvalue weighted by Gasteiger charge is 2.26. The van der Waals surface area contributed by atoms with Crippen LogP contribution in [0.5, 0.6) is 0 Å². The summed E-state index contributed by atoms with van der Waals surface area (Å²) in [4.78, 5) is 23.6. The maximum absolute atomic E-state index is 13.8. The summed E-state index contributed by atoms with van der Waals surface area (Å²) in [6.45, 7) is 6.12. The minimum Gasteiger partial charge on any atom is -0.365 e. The molecule has 2 aliphatic rings. The summed E-state index contributed by atoms with van der Waals surface area (Å²) in [5.74, 6) is -3.41. The van der Waals surface area contributed by atoms with E-state index in [2.05, 4.69) is 30.7 Å². The number of anilines is 2. The first kappa shape index (κ1) is 26.3. The largest absolute Gasteiger partial charge is 0.365 e. The van der Waals surface area contributed by atoms with E-state index in [0.29, 0.717) is 17.8 Å². The summed E-state index contributed by atoms with van der Waals surface area (Å²) in [5.41, 5.74) is 6.71. The van der Waals surface area contributed by atoms with Crippen molar-refractivity contribution >= 4 is 29.1 Å². The Balaban J connectivity index is 0.000000455. The van der Waals surface area contributed by atoms with Gasteiger partial charge in [0.25, 0.3) is 11.8 Å². The molecule has 1 N–H and O–H groups in total. The van der Waals surface area contributed by atoms with E-state index in [1.54, 1.807) is 13.0 Å². The van der Waals surface area contributed by atoms with E-state index in [9.17, 15) is 13.6 Å². The number of alkyl halides is 2. The van der Waals surface area contributed by atoms with E-state index in [1.807, 2.05) is 61.9 Å². The fourth-order valence-corrected chi connectivity index (χ4v) is 4.83. The van der Waals surface area contributed by atoms with Crippen molar-refractivity contribution in [2.75, 3.05) is 16.8 Å². The van der Waals surface area contributed by atoms with Gasteiger partial charge in [0.2, 0.25) is 0 Å². The fourth-order valence-electron chi connectivity index (χ4n) is 4.83. The molecule has 2 aromatic heterocycles. The molecule has 1 amide bonds. The molecule has 0 fully saturated rings. The Bertz CT molecular complexity index is 1580. The number of hydrogen-bond acceptors (Lipinski definition) is 4. The first-order chi connectivity index (χ1) is 18.7. The van der Waals surface area contributed by atoms with Gasteiger partial charge in [-0.25, -0.2) is 13.8 Å². The molecule has 0 atom stereocenters. The molecule has 0 aliphatic carbocycles. The molecule has 2 aliphatic heterocycles. The summed E-state index contributed by atoms with van der Waals surface area (Å²) in [7, 11) is 0. The second-order valence-electron chi connectivity index (χ2n) is 10.0. The Kier molecular flexibility index (Phi) is 7.28. The lowest BCUT2D eigenvalue weighted by molar-refractivity contribution is 0.0174. The number of amides is 1. The van der Waals surface area contributed by atoms with Crippen LogP contribution in [0.2, 0.25) is 0 Å². The van der Waals surface area contributed by atoms with Crippen LogP contribution in [0.3, 0.4) is 0 Å². The standard InChI is InChI=1S/C26H24F2N4O.C5H7N/c1-17-11-19(13-20(12-17)26(2,27)28)25(33)30-21-7-6-18-8-10-31(23(18)14-21)16-22-15-29-24-5-3-4-9-32(22)24;1-5-3-2-4-6-5/h3-7,9,11-15H,8,10,16H2,1-2H3,(H,30,33);3-4H,2H2,1H3. The number of aliphatic imine (C=N–C) groups is 1. The zero-order chi connectivity index (χ0) is 27.6. The molecule has 8 heteroatoms. The van der Waals surface area contributed by atoms with E-state index in [-0.39, 0.29) is 11.1 Å². The average molecular weight is 528 g/mol. The van der Waals surface area contributed by atoms with Crippen LogP contribution in [0.25, 0.3) is 5.65 Å². The number of aromatic nitrogens is 2. The van der Waals surface area contributed by atoms with Crippen LogP contribution >= 0.6 is 0 Å². The second-order valence-corrected chi connectivity index (χ2v) is 10.0. The first-order valence-electron chi connectivity index (χ1n) is 13.0. The van der Waals surface area contributed by atoms with Gasteiger partial charge in [-0.2, -0.15) is 0 Å². The van der Waals surface area contributed by atoms with Gasteiger partial charge in [-0.05, 0) is 67.8 Å². The molecule has 2 aromatic carbocycles. The number of carbonyl (C=O) groups excluding carboxylic acids is 1. The Morgan fingerprint density at radius 3 is 2.67 bits per heavy atom. The summed E-state index contributed by atoms with van der Waals surface area (Å²) >= 11 is 0. The molecule has 4 heterocycles. The Morgan fingerprint density at radius 2 is 1.95 bits per heavy atom. The number of halogens is 2. The van der Waals surface area contributed by atoms with E-state index in [4.69, 9.17) is 0 Å². The molecule has 0 saturated heterocycles. The number of rotatable bonds is 5. The van der Waals surface area contributed by atoms with Crippen LogP contribution < -0.4 is 10.2 Å². The van der Waals surface area contributed by atoms with Crippen LogP contribution in [0.4, 0.5) is 20.2 Å². The number of aryl methyl sites for hydroxylation is 1. The van der Waals surface area contributed by atoms with Gasteiger partial charge >= 0.3 is 0 Å². The molecule has 0 spiro atoms. The molecule has 0 bridgehead atoms. The first-order valence-corrected chi connectivity index (χ1v) is 13.0. The van der Waals surface area contributed by atoms with Crippen LogP contribution in [0.15, 0.2) is 83.8 Å². The van der Waals surface area contributed by atoms with Crippen LogP contribution in [-0.4, -0.2) is 28.1 Å². The number of allylic oxidation sites excluding steroid dienone is 2. The number of benzene rings is 2. The number of carbonyl (C=O) groups is 1. The van der Waals surface area contributed by atoms with Gasteiger partial charge in [0.15, 0.2) is 0 Å². The van der Waals surface area contributed by atoms with Crippen molar-refractivity contribution in [2.24, 2.45) is 4.99 Å². The zero-order valence-corrected chi connectivity index (χ0v) is 22.3. The Morgan fingerprint density at radius 1 is 1.10 bits per heavy atom. The lowest BCUT2D eigenvalue weighted by Crippen LogP contribution is -2.21. The van der Waals surface area contributed by atoms with E-state index < -0.39 is 11.8 Å². The van der Waals surface area contributed by atoms with Crippen molar-refractivity contribution < 1.29 is 13.6 Å². The molecule has 6 rings (SSSR count). The van der Waals surface area contributed by atoms with E-state index in [0.717, 1.165) is 49.0 Å². The molecule has 200 valence electrons. The average Bonchev–Trinajstić information content (AvgIpc) is 3.65. The Hall–Kier alpha value is -4.33. The highest BCUT2D eigenvalue weighted by atomic mass is 19.3. The van der Waals surface area contributed by atoms with Crippen molar-refractivity contribution in [2.45, 2.75) is 46.1 Å². The van der Waals surface area contributed by atoms with Crippen LogP contribution in [0, 0.1) is 6.92 Å². The van der Waals surface area contributed by atoms with Crippen LogP contribution in [-0.2, 0) is 18.9 Å². The molecule has 0 saturated carbocycles. The lowest BCUT2D eigenvalue weighted by Gasteiger charge is -2.20. The minimum absolute atomic E-state index is 0.166. The minimum atomic E-state index is -3.01. The maximum atomic E-state index is 13.8. The number of imidazole rings is 1.